The molecule has 6 nitrogen and oxygen atoms in total. The fourth-order valence-electron chi connectivity index (χ4n) is 2.04. The molecule has 2 N–H and O–H groups in total. The highest BCUT2D eigenvalue weighted by molar-refractivity contribution is 7.91. The maximum Gasteiger partial charge on any atom is 0.315 e. The second-order valence-corrected chi connectivity index (χ2v) is 6.92. The molecule has 1 aliphatic rings. The Morgan fingerprint density at radius 1 is 1.47 bits per heavy atom. The molecule has 2 rings (SSSR count). The number of sulfone groups is 1. The van der Waals surface area contributed by atoms with E-state index in [1.165, 1.54) is 0 Å². The lowest BCUT2D eigenvalue weighted by Crippen LogP contribution is -2.43. The molecule has 2 heterocycles. The van der Waals surface area contributed by atoms with Crippen molar-refractivity contribution in [1.82, 2.24) is 15.6 Å². The Bertz CT molecular complexity index is 545. The lowest BCUT2D eigenvalue weighted by molar-refractivity contribution is 0.235. The zero-order chi connectivity index (χ0) is 13.9. The van der Waals surface area contributed by atoms with E-state index in [1.807, 2.05) is 19.1 Å². The van der Waals surface area contributed by atoms with Crippen LogP contribution in [0.5, 0.6) is 0 Å². The van der Waals surface area contributed by atoms with Crippen LogP contribution >= 0.6 is 0 Å². The standard InChI is InChI=1S/C12H17N3O3S/c1-9(11-4-2-3-6-13-11)14-12(16)15-10-5-7-19(17,18)8-10/h2-4,6,9-10H,5,7-8H2,1H3,(H2,14,15,16). The summed E-state index contributed by atoms with van der Waals surface area (Å²) in [5, 5.41) is 5.42. The van der Waals surface area contributed by atoms with Crippen molar-refractivity contribution in [3.05, 3.63) is 30.1 Å². The highest BCUT2D eigenvalue weighted by Crippen LogP contribution is 2.12. The number of carbonyl (C=O) groups is 1. The largest absolute Gasteiger partial charge is 0.334 e. The average Bonchev–Trinajstić information content (AvgIpc) is 2.69. The Morgan fingerprint density at radius 3 is 2.84 bits per heavy atom. The summed E-state index contributed by atoms with van der Waals surface area (Å²) in [7, 11) is -2.98. The van der Waals surface area contributed by atoms with Gasteiger partial charge in [-0.25, -0.2) is 13.2 Å². The van der Waals surface area contributed by atoms with E-state index < -0.39 is 9.84 Å². The van der Waals surface area contributed by atoms with Crippen molar-refractivity contribution in [2.75, 3.05) is 11.5 Å². The van der Waals surface area contributed by atoms with Gasteiger partial charge in [-0.1, -0.05) is 6.07 Å². The predicted molar refractivity (Wildman–Crippen MR) is 71.4 cm³/mol. The second-order valence-electron chi connectivity index (χ2n) is 4.69. The molecule has 7 heteroatoms. The van der Waals surface area contributed by atoms with Gasteiger partial charge in [-0.15, -0.1) is 0 Å². The van der Waals surface area contributed by atoms with Gasteiger partial charge in [-0.3, -0.25) is 4.98 Å². The van der Waals surface area contributed by atoms with Gasteiger partial charge in [0.2, 0.25) is 0 Å². The Kier molecular flexibility index (Phi) is 4.04. The van der Waals surface area contributed by atoms with Crippen LogP contribution in [0.4, 0.5) is 4.79 Å². The minimum absolute atomic E-state index is 0.0262. The normalized spacial score (nSPS) is 22.7. The lowest BCUT2D eigenvalue weighted by atomic mass is 10.2. The molecule has 1 aromatic rings. The number of nitrogens with zero attached hydrogens (tertiary/aromatic N) is 1. The van der Waals surface area contributed by atoms with Gasteiger partial charge < -0.3 is 10.6 Å². The number of rotatable bonds is 3. The number of nitrogens with one attached hydrogen (secondary N) is 2. The number of urea groups is 1. The quantitative estimate of drug-likeness (QED) is 0.851. The zero-order valence-corrected chi connectivity index (χ0v) is 11.5. The maximum absolute atomic E-state index is 11.7. The Balaban J connectivity index is 1.85. The van der Waals surface area contributed by atoms with Gasteiger partial charge in [0.25, 0.3) is 0 Å². The smallest absolute Gasteiger partial charge is 0.315 e. The van der Waals surface area contributed by atoms with E-state index >= 15 is 0 Å². The summed E-state index contributed by atoms with van der Waals surface area (Å²) < 4.78 is 22.6. The first-order chi connectivity index (χ1) is 8.96. The zero-order valence-electron chi connectivity index (χ0n) is 10.7. The number of hydrogen-bond acceptors (Lipinski definition) is 4. The molecule has 2 amide bonds. The fourth-order valence-corrected chi connectivity index (χ4v) is 3.71. The van der Waals surface area contributed by atoms with Gasteiger partial charge >= 0.3 is 6.03 Å². The number of amides is 2. The summed E-state index contributed by atoms with van der Waals surface area (Å²) in [5.74, 6) is 0.173. The molecule has 19 heavy (non-hydrogen) atoms. The van der Waals surface area contributed by atoms with Crippen LogP contribution in [0.2, 0.25) is 0 Å². The molecule has 0 aromatic carbocycles. The summed E-state index contributed by atoms with van der Waals surface area (Å²) in [6.07, 6.45) is 2.14. The van der Waals surface area contributed by atoms with Crippen molar-refractivity contribution >= 4 is 15.9 Å². The summed E-state index contributed by atoms with van der Waals surface area (Å²) in [4.78, 5) is 15.9. The van der Waals surface area contributed by atoms with E-state index in [2.05, 4.69) is 15.6 Å². The van der Waals surface area contributed by atoms with E-state index in [0.29, 0.717) is 6.42 Å². The van der Waals surface area contributed by atoms with Gasteiger partial charge in [-0.2, -0.15) is 0 Å². The number of carbonyl (C=O) groups excluding carboxylic acids is 1. The summed E-state index contributed by atoms with van der Waals surface area (Å²) >= 11 is 0. The molecule has 0 saturated carbocycles. The SMILES string of the molecule is CC(NC(=O)NC1CCS(=O)(=O)C1)c1ccccn1. The molecule has 0 bridgehead atoms. The van der Waals surface area contributed by atoms with Crippen LogP contribution in [0.3, 0.4) is 0 Å². The van der Waals surface area contributed by atoms with E-state index in [1.54, 1.807) is 12.3 Å². The molecule has 1 aliphatic heterocycles. The van der Waals surface area contributed by atoms with Crippen molar-refractivity contribution in [3.63, 3.8) is 0 Å². The van der Waals surface area contributed by atoms with Crippen LogP contribution in [0.25, 0.3) is 0 Å². The van der Waals surface area contributed by atoms with Crippen molar-refractivity contribution in [3.8, 4) is 0 Å². The molecule has 1 saturated heterocycles. The Labute approximate surface area is 112 Å². The molecule has 0 aliphatic carbocycles. The minimum Gasteiger partial charge on any atom is -0.334 e. The molecule has 2 unspecified atom stereocenters. The first-order valence-corrected chi connectivity index (χ1v) is 7.97. The third-order valence-corrected chi connectivity index (χ3v) is 4.81. The van der Waals surface area contributed by atoms with Crippen LogP contribution < -0.4 is 10.6 Å². The molecular formula is C12H17N3O3S. The summed E-state index contributed by atoms with van der Waals surface area (Å²) in [6.45, 7) is 1.83. The van der Waals surface area contributed by atoms with E-state index in [0.717, 1.165) is 5.69 Å². The molecule has 0 spiro atoms. The van der Waals surface area contributed by atoms with Gasteiger partial charge in [-0.05, 0) is 25.5 Å². The highest BCUT2D eigenvalue weighted by atomic mass is 32.2. The summed E-state index contributed by atoms with van der Waals surface area (Å²) in [6, 6.07) is 4.60. The minimum atomic E-state index is -2.98. The van der Waals surface area contributed by atoms with Crippen LogP contribution in [-0.4, -0.2) is 37.0 Å². The van der Waals surface area contributed by atoms with Gasteiger partial charge in [0.1, 0.15) is 0 Å². The Hall–Kier alpha value is -1.63. The van der Waals surface area contributed by atoms with Gasteiger partial charge in [0, 0.05) is 12.2 Å². The second kappa shape index (κ2) is 5.56. The van der Waals surface area contributed by atoms with Crippen molar-refractivity contribution < 1.29 is 13.2 Å². The number of hydrogen-bond donors (Lipinski definition) is 2. The molecule has 1 fully saturated rings. The maximum atomic E-state index is 11.7. The third kappa shape index (κ3) is 3.92. The van der Waals surface area contributed by atoms with Crippen LogP contribution in [-0.2, 0) is 9.84 Å². The molecule has 1 aromatic heterocycles. The van der Waals surface area contributed by atoms with Crippen LogP contribution in [0, 0.1) is 0 Å². The van der Waals surface area contributed by atoms with Crippen LogP contribution in [0.1, 0.15) is 25.1 Å². The molecular weight excluding hydrogens is 266 g/mol. The topological polar surface area (TPSA) is 88.2 Å². The Morgan fingerprint density at radius 2 is 2.26 bits per heavy atom. The number of pyridine rings is 1. The number of aromatic nitrogens is 1. The molecule has 2 atom stereocenters. The van der Waals surface area contributed by atoms with E-state index in [9.17, 15) is 13.2 Å². The first kappa shape index (κ1) is 13.8. The van der Waals surface area contributed by atoms with Crippen molar-refractivity contribution in [2.24, 2.45) is 0 Å². The molecule has 104 valence electrons. The summed E-state index contributed by atoms with van der Waals surface area (Å²) in [5.41, 5.74) is 0.761. The lowest BCUT2D eigenvalue weighted by Gasteiger charge is -2.16. The monoisotopic (exact) mass is 283 g/mol. The van der Waals surface area contributed by atoms with Crippen molar-refractivity contribution in [1.29, 1.82) is 0 Å². The van der Waals surface area contributed by atoms with E-state index in [4.69, 9.17) is 0 Å². The van der Waals surface area contributed by atoms with Crippen molar-refractivity contribution in [2.45, 2.75) is 25.4 Å². The fraction of sp³-hybridized carbons (Fsp3) is 0.500. The first-order valence-electron chi connectivity index (χ1n) is 6.15. The predicted octanol–water partition coefficient (Wildman–Crippen LogP) is 0.629. The molecule has 0 radical (unpaired) electrons. The van der Waals surface area contributed by atoms with E-state index in [-0.39, 0.29) is 29.6 Å². The van der Waals surface area contributed by atoms with Gasteiger partial charge in [0.15, 0.2) is 9.84 Å². The average molecular weight is 283 g/mol. The van der Waals surface area contributed by atoms with Gasteiger partial charge in [0.05, 0.1) is 23.2 Å². The van der Waals surface area contributed by atoms with Crippen LogP contribution in [0.15, 0.2) is 24.4 Å². The third-order valence-electron chi connectivity index (χ3n) is 3.05. The highest BCUT2D eigenvalue weighted by Gasteiger charge is 2.29.